The monoisotopic (exact) mass is 358 g/mol. The molecule has 2 nitrogen and oxygen atoms in total. The normalized spacial score (nSPS) is 15.4. The van der Waals surface area contributed by atoms with Gasteiger partial charge >= 0.3 is 0 Å². The summed E-state index contributed by atoms with van der Waals surface area (Å²) in [7, 11) is -1.13. The summed E-state index contributed by atoms with van der Waals surface area (Å²) < 4.78 is 7.32. The van der Waals surface area contributed by atoms with Crippen LogP contribution in [0.15, 0.2) is 28.7 Å². The fraction of sp³-hybridized carbons (Fsp3) is 0.625. The van der Waals surface area contributed by atoms with Gasteiger partial charge in [-0.15, -0.1) is 0 Å². The second-order valence-corrected chi connectivity index (χ2v) is 10.0. The van der Waals surface area contributed by atoms with Crippen LogP contribution >= 0.6 is 15.9 Å². The number of halogens is 1. The zero-order valence-corrected chi connectivity index (χ0v) is 15.9. The maximum atomic E-state index is 9.81. The Morgan fingerprint density at radius 3 is 2.15 bits per heavy atom. The van der Waals surface area contributed by atoms with Crippen molar-refractivity contribution in [1.82, 2.24) is 0 Å². The standard InChI is InChI=1S/C16H27BrO2Si/c1-16(2,3)15(19-20(4)5)13(11-18)10-12-6-8-14(17)9-7-12/h6-9,13,15,18,20H,10-11H2,1-5H3. The van der Waals surface area contributed by atoms with Crippen molar-refractivity contribution in [2.75, 3.05) is 6.61 Å². The minimum atomic E-state index is -1.13. The number of rotatable bonds is 6. The van der Waals surface area contributed by atoms with Gasteiger partial charge in [0.15, 0.2) is 9.04 Å². The molecular formula is C16H27BrO2Si. The van der Waals surface area contributed by atoms with Crippen molar-refractivity contribution < 1.29 is 9.53 Å². The molecule has 0 aliphatic carbocycles. The van der Waals surface area contributed by atoms with Gasteiger partial charge in [-0.25, -0.2) is 0 Å². The van der Waals surface area contributed by atoms with Gasteiger partial charge in [-0.3, -0.25) is 0 Å². The van der Waals surface area contributed by atoms with Gasteiger partial charge in [0, 0.05) is 17.0 Å². The van der Waals surface area contributed by atoms with Gasteiger partial charge in [-0.05, 0) is 42.6 Å². The lowest BCUT2D eigenvalue weighted by Gasteiger charge is -2.38. The van der Waals surface area contributed by atoms with Gasteiger partial charge in [-0.1, -0.05) is 48.8 Å². The van der Waals surface area contributed by atoms with Crippen molar-refractivity contribution in [3.8, 4) is 0 Å². The molecule has 2 atom stereocenters. The molecular weight excluding hydrogens is 332 g/mol. The van der Waals surface area contributed by atoms with E-state index in [1.165, 1.54) is 5.56 Å². The van der Waals surface area contributed by atoms with E-state index in [4.69, 9.17) is 4.43 Å². The Hall–Kier alpha value is -0.163. The van der Waals surface area contributed by atoms with Crippen molar-refractivity contribution in [3.63, 3.8) is 0 Å². The van der Waals surface area contributed by atoms with E-state index in [0.717, 1.165) is 10.9 Å². The maximum Gasteiger partial charge on any atom is 0.171 e. The first kappa shape index (κ1) is 17.9. The SMILES string of the molecule is C[SiH](C)OC(C(CO)Cc1ccc(Br)cc1)C(C)(C)C. The summed E-state index contributed by atoms with van der Waals surface area (Å²) in [5.74, 6) is 0.145. The summed E-state index contributed by atoms with van der Waals surface area (Å²) >= 11 is 3.45. The topological polar surface area (TPSA) is 29.5 Å². The quantitative estimate of drug-likeness (QED) is 0.778. The minimum absolute atomic E-state index is 0.0417. The fourth-order valence-electron chi connectivity index (χ4n) is 2.51. The van der Waals surface area contributed by atoms with Gasteiger partial charge in [0.05, 0.1) is 6.10 Å². The number of aliphatic hydroxyl groups is 1. The number of aliphatic hydroxyl groups excluding tert-OH is 1. The van der Waals surface area contributed by atoms with Crippen LogP contribution in [0.25, 0.3) is 0 Å². The van der Waals surface area contributed by atoms with E-state index in [0.29, 0.717) is 0 Å². The molecule has 1 aromatic carbocycles. The van der Waals surface area contributed by atoms with Crippen molar-refractivity contribution >= 4 is 25.0 Å². The fourth-order valence-corrected chi connectivity index (χ4v) is 3.99. The molecule has 0 aliphatic heterocycles. The molecule has 0 saturated carbocycles. The number of hydrogen-bond donors (Lipinski definition) is 1. The molecule has 0 spiro atoms. The van der Waals surface area contributed by atoms with Crippen LogP contribution < -0.4 is 0 Å². The van der Waals surface area contributed by atoms with Gasteiger partial charge < -0.3 is 9.53 Å². The van der Waals surface area contributed by atoms with E-state index < -0.39 is 9.04 Å². The first-order chi connectivity index (χ1) is 9.24. The van der Waals surface area contributed by atoms with Crippen molar-refractivity contribution in [1.29, 1.82) is 0 Å². The van der Waals surface area contributed by atoms with E-state index in [9.17, 15) is 5.11 Å². The van der Waals surface area contributed by atoms with Gasteiger partial charge in [0.25, 0.3) is 0 Å². The average molecular weight is 359 g/mol. The molecule has 2 unspecified atom stereocenters. The second kappa shape index (κ2) is 7.73. The van der Waals surface area contributed by atoms with Crippen LogP contribution in [0.2, 0.25) is 13.1 Å². The molecule has 0 saturated heterocycles. The molecule has 0 aromatic heterocycles. The van der Waals surface area contributed by atoms with E-state index >= 15 is 0 Å². The lowest BCUT2D eigenvalue weighted by molar-refractivity contribution is 0.00851. The molecule has 1 N–H and O–H groups in total. The molecule has 0 heterocycles. The third-order valence-electron chi connectivity index (χ3n) is 3.35. The first-order valence-corrected chi connectivity index (χ1v) is 10.8. The molecule has 1 aromatic rings. The molecule has 0 bridgehead atoms. The molecule has 4 heteroatoms. The van der Waals surface area contributed by atoms with Gasteiger partial charge in [-0.2, -0.15) is 0 Å². The summed E-state index contributed by atoms with van der Waals surface area (Å²) in [5, 5.41) is 9.81. The summed E-state index contributed by atoms with van der Waals surface area (Å²) in [5.41, 5.74) is 1.29. The van der Waals surface area contributed by atoms with Crippen molar-refractivity contribution in [3.05, 3.63) is 34.3 Å². The van der Waals surface area contributed by atoms with Crippen LogP contribution in [0.1, 0.15) is 26.3 Å². The second-order valence-electron chi connectivity index (χ2n) is 6.74. The number of hydrogen-bond acceptors (Lipinski definition) is 2. The van der Waals surface area contributed by atoms with E-state index in [-0.39, 0.29) is 24.0 Å². The Bertz CT molecular complexity index is 398. The van der Waals surface area contributed by atoms with E-state index in [1.807, 2.05) is 12.1 Å². The van der Waals surface area contributed by atoms with Crippen LogP contribution in [0.5, 0.6) is 0 Å². The Balaban J connectivity index is 2.87. The zero-order chi connectivity index (χ0) is 15.3. The van der Waals surface area contributed by atoms with Crippen LogP contribution in [0, 0.1) is 11.3 Å². The Labute approximate surface area is 133 Å². The highest BCUT2D eigenvalue weighted by molar-refractivity contribution is 9.10. The molecule has 0 aliphatic rings. The lowest BCUT2D eigenvalue weighted by atomic mass is 9.79. The predicted octanol–water partition coefficient (Wildman–Crippen LogP) is 4.01. The molecule has 0 amide bonds. The molecule has 0 fully saturated rings. The Morgan fingerprint density at radius 1 is 1.20 bits per heavy atom. The smallest absolute Gasteiger partial charge is 0.171 e. The molecule has 0 radical (unpaired) electrons. The van der Waals surface area contributed by atoms with Crippen molar-refractivity contribution in [2.45, 2.75) is 46.4 Å². The molecule has 1 rings (SSSR count). The summed E-state index contributed by atoms with van der Waals surface area (Å²) in [6.07, 6.45) is 0.954. The average Bonchev–Trinajstić information content (AvgIpc) is 2.34. The van der Waals surface area contributed by atoms with Gasteiger partial charge in [0.2, 0.25) is 0 Å². The third kappa shape index (κ3) is 5.68. The predicted molar refractivity (Wildman–Crippen MR) is 91.6 cm³/mol. The Kier molecular flexibility index (Phi) is 6.92. The van der Waals surface area contributed by atoms with Crippen molar-refractivity contribution in [2.24, 2.45) is 11.3 Å². The van der Waals surface area contributed by atoms with Crippen LogP contribution in [-0.4, -0.2) is 26.9 Å². The number of benzene rings is 1. The first-order valence-electron chi connectivity index (χ1n) is 7.24. The summed E-state index contributed by atoms with van der Waals surface area (Å²) in [6.45, 7) is 11.1. The largest absolute Gasteiger partial charge is 0.417 e. The van der Waals surface area contributed by atoms with Crippen LogP contribution in [0.3, 0.4) is 0 Å². The van der Waals surface area contributed by atoms with Gasteiger partial charge in [0.1, 0.15) is 0 Å². The highest BCUT2D eigenvalue weighted by Gasteiger charge is 2.33. The molecule has 20 heavy (non-hydrogen) atoms. The maximum absolute atomic E-state index is 9.81. The van der Waals surface area contributed by atoms with Crippen LogP contribution in [-0.2, 0) is 10.8 Å². The lowest BCUT2D eigenvalue weighted by Crippen LogP contribution is -2.41. The highest BCUT2D eigenvalue weighted by Crippen LogP contribution is 2.31. The third-order valence-corrected chi connectivity index (χ3v) is 4.71. The molecule has 114 valence electrons. The van der Waals surface area contributed by atoms with E-state index in [1.54, 1.807) is 0 Å². The summed E-state index contributed by atoms with van der Waals surface area (Å²) in [6, 6.07) is 8.32. The van der Waals surface area contributed by atoms with Crippen LogP contribution in [0.4, 0.5) is 0 Å². The minimum Gasteiger partial charge on any atom is -0.417 e. The summed E-state index contributed by atoms with van der Waals surface area (Å²) in [4.78, 5) is 0. The zero-order valence-electron chi connectivity index (χ0n) is 13.2. The van der Waals surface area contributed by atoms with E-state index in [2.05, 4.69) is 61.9 Å². The Morgan fingerprint density at radius 2 is 1.75 bits per heavy atom. The highest BCUT2D eigenvalue weighted by atomic mass is 79.9.